The van der Waals surface area contributed by atoms with Gasteiger partial charge in [-0.1, -0.05) is 24.3 Å². The first-order valence-corrected chi connectivity index (χ1v) is 9.40. The van der Waals surface area contributed by atoms with Crippen LogP contribution in [0.15, 0.2) is 48.5 Å². The minimum absolute atomic E-state index is 0.166. The number of nitrogens with one attached hydrogen (secondary N) is 1. The Hall–Kier alpha value is -2.40. The fourth-order valence-electron chi connectivity index (χ4n) is 3.89. The summed E-state index contributed by atoms with van der Waals surface area (Å²) in [5, 5.41) is 3.08. The third-order valence-electron chi connectivity index (χ3n) is 5.54. The van der Waals surface area contributed by atoms with Crippen LogP contribution in [0.1, 0.15) is 35.2 Å². The van der Waals surface area contributed by atoms with E-state index in [2.05, 4.69) is 17.3 Å². The molecule has 0 saturated carbocycles. The fourth-order valence-corrected chi connectivity index (χ4v) is 3.89. The summed E-state index contributed by atoms with van der Waals surface area (Å²) in [4.78, 5) is 15.1. The van der Waals surface area contributed by atoms with Crippen LogP contribution in [0.5, 0.6) is 5.75 Å². The SMILES string of the molecule is COc1ccccc1C(=O)NCC1(c2cccc(F)c2)CCCN(C)CC1. The van der Waals surface area contributed by atoms with Crippen molar-refractivity contribution >= 4 is 5.91 Å². The van der Waals surface area contributed by atoms with E-state index in [9.17, 15) is 9.18 Å². The van der Waals surface area contributed by atoms with Crippen LogP contribution in [-0.2, 0) is 5.41 Å². The number of ether oxygens (including phenoxy) is 1. The fraction of sp³-hybridized carbons (Fsp3) is 0.409. The number of hydrogen-bond donors (Lipinski definition) is 1. The number of carbonyl (C=O) groups is 1. The predicted molar refractivity (Wildman–Crippen MR) is 105 cm³/mol. The summed E-state index contributed by atoms with van der Waals surface area (Å²) >= 11 is 0. The van der Waals surface area contributed by atoms with E-state index in [0.717, 1.165) is 37.9 Å². The monoisotopic (exact) mass is 370 g/mol. The Bertz CT molecular complexity index is 795. The summed E-state index contributed by atoms with van der Waals surface area (Å²) in [6.07, 6.45) is 2.80. The summed E-state index contributed by atoms with van der Waals surface area (Å²) in [5.41, 5.74) is 1.20. The van der Waals surface area contributed by atoms with Crippen molar-refractivity contribution in [3.05, 3.63) is 65.5 Å². The Labute approximate surface area is 160 Å². The van der Waals surface area contributed by atoms with E-state index in [1.54, 1.807) is 31.4 Å². The van der Waals surface area contributed by atoms with E-state index in [4.69, 9.17) is 4.74 Å². The van der Waals surface area contributed by atoms with Crippen LogP contribution in [0.4, 0.5) is 4.39 Å². The van der Waals surface area contributed by atoms with Gasteiger partial charge < -0.3 is 15.0 Å². The summed E-state index contributed by atoms with van der Waals surface area (Å²) in [6.45, 7) is 2.40. The highest BCUT2D eigenvalue weighted by Gasteiger charge is 2.34. The Morgan fingerprint density at radius 1 is 1.19 bits per heavy atom. The number of rotatable bonds is 5. The number of halogens is 1. The zero-order chi connectivity index (χ0) is 19.3. The van der Waals surface area contributed by atoms with Crippen LogP contribution in [0.25, 0.3) is 0 Å². The molecule has 1 N–H and O–H groups in total. The predicted octanol–water partition coefficient (Wildman–Crippen LogP) is 3.62. The van der Waals surface area contributed by atoms with Crippen molar-refractivity contribution in [3.8, 4) is 5.75 Å². The van der Waals surface area contributed by atoms with Crippen molar-refractivity contribution in [2.24, 2.45) is 0 Å². The van der Waals surface area contributed by atoms with Crippen LogP contribution >= 0.6 is 0 Å². The van der Waals surface area contributed by atoms with E-state index in [0.29, 0.717) is 17.9 Å². The Morgan fingerprint density at radius 2 is 2.00 bits per heavy atom. The first-order chi connectivity index (χ1) is 13.0. The maximum Gasteiger partial charge on any atom is 0.255 e. The first kappa shape index (κ1) is 19.4. The molecule has 0 spiro atoms. The maximum absolute atomic E-state index is 13.9. The number of amides is 1. The second kappa shape index (κ2) is 8.53. The standard InChI is InChI=1S/C22H27FN2O2/c1-25-13-6-11-22(12-14-25,17-7-5-8-18(23)15-17)16-24-21(26)19-9-3-4-10-20(19)27-2/h3-5,7-10,15H,6,11-14,16H2,1-2H3,(H,24,26). The van der Waals surface area contributed by atoms with Crippen LogP contribution in [0.2, 0.25) is 0 Å². The number of benzene rings is 2. The minimum atomic E-state index is -0.273. The van der Waals surface area contributed by atoms with Crippen molar-refractivity contribution in [2.75, 3.05) is 33.8 Å². The summed E-state index contributed by atoms with van der Waals surface area (Å²) in [5.74, 6) is 0.150. The van der Waals surface area contributed by atoms with E-state index in [1.807, 2.05) is 18.2 Å². The van der Waals surface area contributed by atoms with Crippen LogP contribution in [0, 0.1) is 5.82 Å². The van der Waals surface area contributed by atoms with Gasteiger partial charge >= 0.3 is 0 Å². The summed E-state index contributed by atoms with van der Waals surface area (Å²) < 4.78 is 19.2. The molecule has 1 amide bonds. The van der Waals surface area contributed by atoms with Crippen LogP contribution in [0.3, 0.4) is 0 Å². The van der Waals surface area contributed by atoms with Gasteiger partial charge in [0.2, 0.25) is 0 Å². The third kappa shape index (κ3) is 4.48. The zero-order valence-electron chi connectivity index (χ0n) is 16.0. The average Bonchev–Trinajstić information content (AvgIpc) is 2.88. The molecule has 0 radical (unpaired) electrons. The molecule has 0 aromatic heterocycles. The molecule has 27 heavy (non-hydrogen) atoms. The molecule has 0 bridgehead atoms. The molecule has 1 atom stereocenters. The quantitative estimate of drug-likeness (QED) is 0.874. The molecule has 2 aromatic rings. The van der Waals surface area contributed by atoms with E-state index in [1.165, 1.54) is 6.07 Å². The number of nitrogens with zero attached hydrogens (tertiary/aromatic N) is 1. The van der Waals surface area contributed by atoms with Crippen LogP contribution < -0.4 is 10.1 Å². The van der Waals surface area contributed by atoms with Gasteiger partial charge in [0, 0.05) is 12.0 Å². The van der Waals surface area contributed by atoms with Crippen LogP contribution in [-0.4, -0.2) is 44.6 Å². The summed E-state index contributed by atoms with van der Waals surface area (Å²) in [7, 11) is 3.66. The number of likely N-dealkylation sites (tertiary alicyclic amines) is 1. The molecule has 1 saturated heterocycles. The van der Waals surface area contributed by atoms with E-state index >= 15 is 0 Å². The molecule has 0 aliphatic carbocycles. The third-order valence-corrected chi connectivity index (χ3v) is 5.54. The molecule has 1 heterocycles. The number of para-hydroxylation sites is 1. The Balaban J connectivity index is 1.84. The van der Waals surface area contributed by atoms with Crippen molar-refractivity contribution in [1.29, 1.82) is 0 Å². The smallest absolute Gasteiger partial charge is 0.255 e. The molecule has 3 rings (SSSR count). The van der Waals surface area contributed by atoms with E-state index in [-0.39, 0.29) is 17.1 Å². The van der Waals surface area contributed by atoms with Gasteiger partial charge in [0.25, 0.3) is 5.91 Å². The van der Waals surface area contributed by atoms with Gasteiger partial charge in [-0.2, -0.15) is 0 Å². The van der Waals surface area contributed by atoms with E-state index < -0.39 is 0 Å². The van der Waals surface area contributed by atoms with Crippen molar-refractivity contribution in [3.63, 3.8) is 0 Å². The normalized spacial score (nSPS) is 20.7. The van der Waals surface area contributed by atoms with Gasteiger partial charge in [0.1, 0.15) is 11.6 Å². The number of methoxy groups -OCH3 is 1. The van der Waals surface area contributed by atoms with Gasteiger partial charge in [0.05, 0.1) is 12.7 Å². The lowest BCUT2D eigenvalue weighted by atomic mass is 9.74. The molecule has 4 nitrogen and oxygen atoms in total. The molecule has 1 fully saturated rings. The molecule has 1 unspecified atom stereocenters. The number of hydrogen-bond acceptors (Lipinski definition) is 3. The topological polar surface area (TPSA) is 41.6 Å². The number of carbonyl (C=O) groups excluding carboxylic acids is 1. The highest BCUT2D eigenvalue weighted by Crippen LogP contribution is 2.35. The highest BCUT2D eigenvalue weighted by atomic mass is 19.1. The minimum Gasteiger partial charge on any atom is -0.496 e. The average molecular weight is 370 g/mol. The first-order valence-electron chi connectivity index (χ1n) is 9.40. The van der Waals surface area contributed by atoms with Crippen molar-refractivity contribution in [2.45, 2.75) is 24.7 Å². The zero-order valence-corrected chi connectivity index (χ0v) is 16.0. The van der Waals surface area contributed by atoms with Gasteiger partial charge in [-0.3, -0.25) is 4.79 Å². The molecular formula is C22H27FN2O2. The van der Waals surface area contributed by atoms with Gasteiger partial charge in [-0.25, -0.2) is 4.39 Å². The Morgan fingerprint density at radius 3 is 2.78 bits per heavy atom. The lowest BCUT2D eigenvalue weighted by Gasteiger charge is -2.34. The molecular weight excluding hydrogens is 343 g/mol. The highest BCUT2D eigenvalue weighted by molar-refractivity contribution is 5.96. The summed E-state index contributed by atoms with van der Waals surface area (Å²) in [6, 6.07) is 14.0. The molecule has 1 aliphatic heterocycles. The second-order valence-electron chi connectivity index (χ2n) is 7.33. The lowest BCUT2D eigenvalue weighted by molar-refractivity contribution is 0.0937. The molecule has 144 valence electrons. The largest absolute Gasteiger partial charge is 0.496 e. The molecule has 1 aliphatic rings. The maximum atomic E-state index is 13.9. The van der Waals surface area contributed by atoms with Gasteiger partial charge in [0.15, 0.2) is 0 Å². The second-order valence-corrected chi connectivity index (χ2v) is 7.33. The van der Waals surface area contributed by atoms with Crippen molar-refractivity contribution in [1.82, 2.24) is 10.2 Å². The van der Waals surface area contributed by atoms with Crippen molar-refractivity contribution < 1.29 is 13.9 Å². The molecule has 5 heteroatoms. The Kier molecular flexibility index (Phi) is 6.11. The lowest BCUT2D eigenvalue weighted by Crippen LogP contribution is -2.41. The van der Waals surface area contributed by atoms with Gasteiger partial charge in [-0.15, -0.1) is 0 Å². The molecule has 2 aromatic carbocycles. The van der Waals surface area contributed by atoms with Gasteiger partial charge in [-0.05, 0) is 69.2 Å².